The lowest BCUT2D eigenvalue weighted by atomic mass is 10.2. The molecule has 0 N–H and O–H groups in total. The molecule has 0 amide bonds. The summed E-state index contributed by atoms with van der Waals surface area (Å²) in [6, 6.07) is 6.32. The zero-order valence-electron chi connectivity index (χ0n) is 16.8. The molecule has 0 saturated heterocycles. The smallest absolute Gasteiger partial charge is 0.335 e. The summed E-state index contributed by atoms with van der Waals surface area (Å²) in [7, 11) is -0.969. The van der Waals surface area contributed by atoms with Crippen LogP contribution in [-0.2, 0) is 33.1 Å². The normalized spacial score (nSPS) is 11.9. The zero-order valence-corrected chi connectivity index (χ0v) is 18.4. The van der Waals surface area contributed by atoms with E-state index >= 15 is 0 Å². The van der Waals surface area contributed by atoms with E-state index in [0.29, 0.717) is 22.5 Å². The Morgan fingerprint density at radius 2 is 1.97 bits per heavy atom. The Hall–Kier alpha value is -2.83. The summed E-state index contributed by atoms with van der Waals surface area (Å²) in [5.41, 5.74) is 0.319. The monoisotopic (exact) mass is 452 g/mol. The van der Waals surface area contributed by atoms with Gasteiger partial charge in [-0.3, -0.25) is 9.59 Å². The van der Waals surface area contributed by atoms with Gasteiger partial charge in [0.1, 0.15) is 6.54 Å². The average molecular weight is 453 g/mol. The molecule has 0 fully saturated rings. The largest absolute Gasteiger partial charge is 0.468 e. The SMILES string of the molecule is COC(=O)CN(Cc1nsc2ccc(-n3c(=O)cc(C)n(C)c3=O)cc12)S(C)(=O)=O. The predicted octanol–water partition coefficient (Wildman–Crippen LogP) is 0.389. The predicted molar refractivity (Wildman–Crippen MR) is 112 cm³/mol. The van der Waals surface area contributed by atoms with Gasteiger partial charge >= 0.3 is 11.7 Å². The highest BCUT2D eigenvalue weighted by Crippen LogP contribution is 2.26. The molecule has 0 aliphatic heterocycles. The lowest BCUT2D eigenvalue weighted by Crippen LogP contribution is -2.38. The van der Waals surface area contributed by atoms with Gasteiger partial charge < -0.3 is 9.30 Å². The first kappa shape index (κ1) is 21.9. The standard InChI is InChI=1S/C18H20N4O6S2/c1-11-7-16(23)22(18(25)20(11)2)12-5-6-15-13(8-12)14(19-29-15)9-21(30(4,26)27)10-17(24)28-3/h5-8H,9-10H2,1-4H3. The second-order valence-electron chi connectivity index (χ2n) is 6.72. The summed E-state index contributed by atoms with van der Waals surface area (Å²) in [5.74, 6) is -0.699. The van der Waals surface area contributed by atoms with Crippen LogP contribution in [0.2, 0.25) is 0 Å². The van der Waals surface area contributed by atoms with Crippen molar-refractivity contribution in [1.82, 2.24) is 17.8 Å². The summed E-state index contributed by atoms with van der Waals surface area (Å²) < 4.78 is 37.2. The molecule has 0 bridgehead atoms. The maximum Gasteiger partial charge on any atom is 0.335 e. The van der Waals surface area contributed by atoms with E-state index in [4.69, 9.17) is 0 Å². The van der Waals surface area contributed by atoms with Crippen LogP contribution in [0, 0.1) is 6.92 Å². The molecule has 1 aromatic carbocycles. The fourth-order valence-corrected chi connectivity index (χ4v) is 4.33. The highest BCUT2D eigenvalue weighted by atomic mass is 32.2. The van der Waals surface area contributed by atoms with Crippen molar-refractivity contribution in [3.05, 3.63) is 56.5 Å². The molecule has 0 aliphatic carbocycles. The van der Waals surface area contributed by atoms with Crippen LogP contribution in [0.5, 0.6) is 0 Å². The van der Waals surface area contributed by atoms with E-state index in [1.165, 1.54) is 17.7 Å². The number of hydrogen-bond donors (Lipinski definition) is 0. The van der Waals surface area contributed by atoms with Gasteiger partial charge in [0.15, 0.2) is 0 Å². The van der Waals surface area contributed by atoms with Crippen LogP contribution < -0.4 is 11.2 Å². The van der Waals surface area contributed by atoms with Crippen LogP contribution in [0.4, 0.5) is 0 Å². The molecular formula is C18H20N4O6S2. The quantitative estimate of drug-likeness (QED) is 0.496. The molecule has 0 atom stereocenters. The molecule has 160 valence electrons. The third-order valence-corrected chi connectivity index (χ3v) is 6.74. The Kier molecular flexibility index (Phi) is 5.92. The molecule has 30 heavy (non-hydrogen) atoms. The Balaban J connectivity index is 2.10. The van der Waals surface area contributed by atoms with Gasteiger partial charge in [0.2, 0.25) is 10.0 Å². The Bertz CT molecular complexity index is 1350. The Morgan fingerprint density at radius 3 is 2.60 bits per heavy atom. The van der Waals surface area contributed by atoms with Gasteiger partial charge in [0, 0.05) is 24.2 Å². The molecular weight excluding hydrogens is 432 g/mol. The second-order valence-corrected chi connectivity index (χ2v) is 9.51. The number of carbonyl (C=O) groups is 1. The second kappa shape index (κ2) is 8.13. The van der Waals surface area contributed by atoms with Crippen molar-refractivity contribution >= 4 is 37.6 Å². The van der Waals surface area contributed by atoms with Crippen LogP contribution in [0.15, 0.2) is 33.9 Å². The lowest BCUT2D eigenvalue weighted by molar-refractivity contribution is -0.140. The third kappa shape index (κ3) is 4.20. The van der Waals surface area contributed by atoms with Crippen LogP contribution in [0.25, 0.3) is 15.8 Å². The van der Waals surface area contributed by atoms with Gasteiger partial charge in [-0.05, 0) is 36.7 Å². The van der Waals surface area contributed by atoms with E-state index in [-0.39, 0.29) is 6.54 Å². The van der Waals surface area contributed by atoms with E-state index in [1.54, 1.807) is 32.2 Å². The van der Waals surface area contributed by atoms with E-state index in [9.17, 15) is 22.8 Å². The molecule has 10 nitrogen and oxygen atoms in total. The summed E-state index contributed by atoms with van der Waals surface area (Å²) in [6.07, 6.45) is 0.992. The van der Waals surface area contributed by atoms with Crippen LogP contribution in [0.1, 0.15) is 11.4 Å². The van der Waals surface area contributed by atoms with Gasteiger partial charge in [-0.2, -0.15) is 8.68 Å². The summed E-state index contributed by atoms with van der Waals surface area (Å²) >= 11 is 1.15. The number of rotatable bonds is 6. The van der Waals surface area contributed by atoms with Crippen LogP contribution in [-0.4, -0.2) is 52.1 Å². The number of esters is 1. The van der Waals surface area contributed by atoms with E-state index < -0.39 is 33.8 Å². The topological polar surface area (TPSA) is 121 Å². The molecule has 0 radical (unpaired) electrons. The van der Waals surface area contributed by atoms with Crippen molar-refractivity contribution in [1.29, 1.82) is 0 Å². The molecule has 12 heteroatoms. The third-order valence-electron chi connectivity index (χ3n) is 4.67. The molecule has 2 heterocycles. The van der Waals surface area contributed by atoms with E-state index in [1.807, 2.05) is 0 Å². The van der Waals surface area contributed by atoms with Crippen molar-refractivity contribution < 1.29 is 17.9 Å². The summed E-state index contributed by atoms with van der Waals surface area (Å²) in [5, 5.41) is 0.588. The number of sulfonamides is 1. The molecule has 0 saturated carbocycles. The first-order valence-electron chi connectivity index (χ1n) is 8.73. The molecule has 2 aromatic heterocycles. The first-order valence-corrected chi connectivity index (χ1v) is 11.4. The van der Waals surface area contributed by atoms with Crippen LogP contribution >= 0.6 is 11.5 Å². The summed E-state index contributed by atoms with van der Waals surface area (Å²) in [4.78, 5) is 36.7. The van der Waals surface area contributed by atoms with E-state index in [0.717, 1.165) is 31.4 Å². The van der Waals surface area contributed by atoms with Gasteiger partial charge in [0.05, 0.1) is 36.0 Å². The fourth-order valence-electron chi connectivity index (χ4n) is 2.87. The van der Waals surface area contributed by atoms with Gasteiger partial charge in [-0.1, -0.05) is 0 Å². The number of hydrogen-bond acceptors (Lipinski definition) is 8. The van der Waals surface area contributed by atoms with Crippen molar-refractivity contribution in [2.75, 3.05) is 19.9 Å². The minimum absolute atomic E-state index is 0.155. The van der Waals surface area contributed by atoms with Gasteiger partial charge in [-0.25, -0.2) is 17.8 Å². The Labute approximate surface area is 176 Å². The number of fused-ring (bicyclic) bond motifs is 1. The Morgan fingerprint density at radius 1 is 1.27 bits per heavy atom. The average Bonchev–Trinajstić information content (AvgIpc) is 3.07. The van der Waals surface area contributed by atoms with Crippen molar-refractivity contribution in [2.24, 2.45) is 7.05 Å². The van der Waals surface area contributed by atoms with Crippen molar-refractivity contribution in [2.45, 2.75) is 13.5 Å². The van der Waals surface area contributed by atoms with Gasteiger partial charge in [0.25, 0.3) is 5.56 Å². The molecule has 3 rings (SSSR count). The lowest BCUT2D eigenvalue weighted by Gasteiger charge is -2.17. The number of carbonyl (C=O) groups excluding carboxylic acids is 1. The van der Waals surface area contributed by atoms with E-state index in [2.05, 4.69) is 9.11 Å². The zero-order chi connectivity index (χ0) is 22.2. The van der Waals surface area contributed by atoms with Crippen LogP contribution in [0.3, 0.4) is 0 Å². The highest BCUT2D eigenvalue weighted by Gasteiger charge is 2.23. The maximum atomic E-state index is 12.6. The first-order chi connectivity index (χ1) is 14.0. The van der Waals surface area contributed by atoms with Gasteiger partial charge in [-0.15, -0.1) is 0 Å². The molecule has 0 spiro atoms. The maximum absolute atomic E-state index is 12.6. The number of ether oxygens (including phenoxy) is 1. The van der Waals surface area contributed by atoms with Crippen molar-refractivity contribution in [3.8, 4) is 5.69 Å². The molecule has 3 aromatic rings. The minimum Gasteiger partial charge on any atom is -0.468 e. The molecule has 0 aliphatic rings. The number of benzene rings is 1. The number of aryl methyl sites for hydroxylation is 1. The summed E-state index contributed by atoms with van der Waals surface area (Å²) in [6.45, 7) is 1.06. The van der Waals surface area contributed by atoms with Crippen molar-refractivity contribution in [3.63, 3.8) is 0 Å². The number of nitrogens with zero attached hydrogens (tertiary/aromatic N) is 4. The molecule has 0 unspecified atom stereocenters. The fraction of sp³-hybridized carbons (Fsp3) is 0.333. The minimum atomic E-state index is -3.71. The highest BCUT2D eigenvalue weighted by molar-refractivity contribution is 7.88. The number of methoxy groups -OCH3 is 1. The number of aromatic nitrogens is 3.